The van der Waals surface area contributed by atoms with Crippen LogP contribution in [0.25, 0.3) is 0 Å². The lowest BCUT2D eigenvalue weighted by Gasteiger charge is -2.37. The fourth-order valence-corrected chi connectivity index (χ4v) is 4.14. The smallest absolute Gasteiger partial charge is 0.230 e. The Morgan fingerprint density at radius 2 is 1.90 bits per heavy atom. The summed E-state index contributed by atoms with van der Waals surface area (Å²) >= 11 is 13.8. The zero-order valence-electron chi connectivity index (χ0n) is 16.1. The number of para-hydroxylation sites is 1. The van der Waals surface area contributed by atoms with Crippen LogP contribution in [0.4, 0.5) is 11.5 Å². The molecule has 0 saturated carbocycles. The van der Waals surface area contributed by atoms with Gasteiger partial charge in [0.05, 0.1) is 23.1 Å². The molecule has 1 fully saturated rings. The van der Waals surface area contributed by atoms with Gasteiger partial charge in [0, 0.05) is 45.9 Å². The fourth-order valence-electron chi connectivity index (χ4n) is 2.97. The number of carbonyl (C=O) groups excluding carboxylic acids is 1. The van der Waals surface area contributed by atoms with Crippen LogP contribution < -0.4 is 15.1 Å². The highest BCUT2D eigenvalue weighted by atomic mass is 35.5. The van der Waals surface area contributed by atoms with Crippen LogP contribution in [0.5, 0.6) is 0 Å². The van der Waals surface area contributed by atoms with Crippen molar-refractivity contribution in [2.75, 3.05) is 62.0 Å². The van der Waals surface area contributed by atoms with Crippen molar-refractivity contribution in [2.24, 2.45) is 0 Å². The standard InChI is InChI=1S/C19H23Cl2N5O2S/c1-28-11-6-22-18(27)13-29-19-23-16(21)12-17(24-19)26-9-7-25(8-10-26)15-5-3-2-4-14(15)20/h2-5,12H,6-11,13H2,1H3,(H,22,27). The van der Waals surface area contributed by atoms with Gasteiger partial charge >= 0.3 is 0 Å². The van der Waals surface area contributed by atoms with Gasteiger partial charge in [-0.3, -0.25) is 4.79 Å². The molecule has 7 nitrogen and oxygen atoms in total. The molecule has 2 aromatic rings. The molecule has 3 rings (SSSR count). The number of hydrogen-bond acceptors (Lipinski definition) is 7. The third-order valence-corrected chi connectivity index (χ3v) is 5.78. The van der Waals surface area contributed by atoms with E-state index in [0.717, 1.165) is 42.7 Å². The van der Waals surface area contributed by atoms with E-state index in [1.807, 2.05) is 24.3 Å². The summed E-state index contributed by atoms with van der Waals surface area (Å²) in [4.78, 5) is 25.1. The Morgan fingerprint density at radius 1 is 1.17 bits per heavy atom. The first-order valence-corrected chi connectivity index (χ1v) is 11.0. The van der Waals surface area contributed by atoms with E-state index in [1.54, 1.807) is 13.2 Å². The number of benzene rings is 1. The number of hydrogen-bond donors (Lipinski definition) is 1. The average Bonchev–Trinajstić information content (AvgIpc) is 2.73. The van der Waals surface area contributed by atoms with E-state index in [1.165, 1.54) is 11.8 Å². The van der Waals surface area contributed by atoms with Crippen LogP contribution in [0.1, 0.15) is 0 Å². The number of nitrogens with one attached hydrogen (secondary N) is 1. The third kappa shape index (κ3) is 6.37. The van der Waals surface area contributed by atoms with Crippen LogP contribution in [-0.4, -0.2) is 68.1 Å². The number of thioether (sulfide) groups is 1. The molecule has 1 aromatic carbocycles. The van der Waals surface area contributed by atoms with Gasteiger partial charge in [-0.05, 0) is 12.1 Å². The van der Waals surface area contributed by atoms with Crippen LogP contribution >= 0.6 is 35.0 Å². The number of anilines is 2. The number of methoxy groups -OCH3 is 1. The van der Waals surface area contributed by atoms with Crippen LogP contribution in [0.3, 0.4) is 0 Å². The van der Waals surface area contributed by atoms with Crippen molar-refractivity contribution >= 4 is 52.4 Å². The lowest BCUT2D eigenvalue weighted by atomic mass is 10.2. The number of piperazine rings is 1. The second-order valence-electron chi connectivity index (χ2n) is 6.39. The Balaban J connectivity index is 1.57. The van der Waals surface area contributed by atoms with Crippen molar-refractivity contribution in [3.63, 3.8) is 0 Å². The average molecular weight is 456 g/mol. The Morgan fingerprint density at radius 3 is 2.62 bits per heavy atom. The molecule has 0 spiro atoms. The van der Waals surface area contributed by atoms with Gasteiger partial charge < -0.3 is 19.9 Å². The van der Waals surface area contributed by atoms with Gasteiger partial charge in [-0.2, -0.15) is 0 Å². The van der Waals surface area contributed by atoms with Crippen molar-refractivity contribution in [3.05, 3.63) is 40.5 Å². The fraction of sp³-hybridized carbons (Fsp3) is 0.421. The summed E-state index contributed by atoms with van der Waals surface area (Å²) in [6, 6.07) is 9.62. The lowest BCUT2D eigenvalue weighted by Crippen LogP contribution is -2.47. The van der Waals surface area contributed by atoms with E-state index in [0.29, 0.717) is 23.5 Å². The molecule has 1 aliphatic rings. The topological polar surface area (TPSA) is 70.6 Å². The Kier molecular flexibility index (Phi) is 8.23. The molecule has 1 saturated heterocycles. The largest absolute Gasteiger partial charge is 0.383 e. The minimum absolute atomic E-state index is 0.0921. The van der Waals surface area contributed by atoms with E-state index in [9.17, 15) is 4.79 Å². The normalized spacial score (nSPS) is 14.2. The highest BCUT2D eigenvalue weighted by Gasteiger charge is 2.21. The second-order valence-corrected chi connectivity index (χ2v) is 8.13. The molecule has 1 aliphatic heterocycles. The minimum atomic E-state index is -0.0921. The minimum Gasteiger partial charge on any atom is -0.383 e. The SMILES string of the molecule is COCCNC(=O)CSc1nc(Cl)cc(N2CCN(c3ccccc3Cl)CC2)n1. The number of amides is 1. The monoisotopic (exact) mass is 455 g/mol. The van der Waals surface area contributed by atoms with Crippen molar-refractivity contribution in [2.45, 2.75) is 5.16 Å². The zero-order chi connectivity index (χ0) is 20.6. The third-order valence-electron chi connectivity index (χ3n) is 4.42. The van der Waals surface area contributed by atoms with Crippen molar-refractivity contribution < 1.29 is 9.53 Å². The Bertz CT molecular complexity index is 834. The summed E-state index contributed by atoms with van der Waals surface area (Å²) in [5.74, 6) is 0.903. The predicted molar refractivity (Wildman–Crippen MR) is 119 cm³/mol. The van der Waals surface area contributed by atoms with Gasteiger partial charge in [0.1, 0.15) is 11.0 Å². The van der Waals surface area contributed by atoms with E-state index in [-0.39, 0.29) is 11.7 Å². The number of halogens is 2. The van der Waals surface area contributed by atoms with Gasteiger partial charge in [0.25, 0.3) is 0 Å². The van der Waals surface area contributed by atoms with E-state index in [4.69, 9.17) is 27.9 Å². The van der Waals surface area contributed by atoms with Crippen LogP contribution in [0.15, 0.2) is 35.5 Å². The summed E-state index contributed by atoms with van der Waals surface area (Å²) in [5, 5.41) is 4.38. The molecule has 0 aliphatic carbocycles. The molecular formula is C19H23Cl2N5O2S. The molecule has 10 heteroatoms. The molecule has 0 radical (unpaired) electrons. The molecule has 2 heterocycles. The summed E-state index contributed by atoms with van der Waals surface area (Å²) < 4.78 is 4.92. The summed E-state index contributed by atoms with van der Waals surface area (Å²) in [6.45, 7) is 4.20. The van der Waals surface area contributed by atoms with Crippen molar-refractivity contribution in [1.82, 2.24) is 15.3 Å². The number of nitrogens with zero attached hydrogens (tertiary/aromatic N) is 4. The maximum Gasteiger partial charge on any atom is 0.230 e. The zero-order valence-corrected chi connectivity index (χ0v) is 18.4. The number of carbonyl (C=O) groups is 1. The highest BCUT2D eigenvalue weighted by Crippen LogP contribution is 2.28. The van der Waals surface area contributed by atoms with Gasteiger partial charge in [0.2, 0.25) is 5.91 Å². The predicted octanol–water partition coefficient (Wildman–Crippen LogP) is 2.96. The first-order valence-electron chi connectivity index (χ1n) is 9.24. The molecule has 1 amide bonds. The lowest BCUT2D eigenvalue weighted by molar-refractivity contribution is -0.118. The molecule has 0 bridgehead atoms. The van der Waals surface area contributed by atoms with Crippen LogP contribution in [0.2, 0.25) is 10.2 Å². The second kappa shape index (κ2) is 10.9. The van der Waals surface area contributed by atoms with E-state index < -0.39 is 0 Å². The molecule has 1 N–H and O–H groups in total. The van der Waals surface area contributed by atoms with Gasteiger partial charge in [0.15, 0.2) is 5.16 Å². The first-order chi connectivity index (χ1) is 14.1. The molecule has 1 aromatic heterocycles. The van der Waals surface area contributed by atoms with E-state index >= 15 is 0 Å². The maximum atomic E-state index is 11.9. The number of rotatable bonds is 8. The summed E-state index contributed by atoms with van der Waals surface area (Å²) in [5.41, 5.74) is 1.05. The van der Waals surface area contributed by atoms with E-state index in [2.05, 4.69) is 25.1 Å². The molecule has 0 atom stereocenters. The van der Waals surface area contributed by atoms with Crippen LogP contribution in [0, 0.1) is 0 Å². The Labute approximate surface area is 184 Å². The van der Waals surface area contributed by atoms with Crippen molar-refractivity contribution in [1.29, 1.82) is 0 Å². The van der Waals surface area contributed by atoms with Crippen molar-refractivity contribution in [3.8, 4) is 0 Å². The molecular weight excluding hydrogens is 433 g/mol. The maximum absolute atomic E-state index is 11.9. The van der Waals surface area contributed by atoms with Gasteiger partial charge in [-0.1, -0.05) is 47.1 Å². The quantitative estimate of drug-likeness (QED) is 0.284. The number of ether oxygens (including phenoxy) is 1. The highest BCUT2D eigenvalue weighted by molar-refractivity contribution is 7.99. The number of aromatic nitrogens is 2. The van der Waals surface area contributed by atoms with Gasteiger partial charge in [-0.15, -0.1) is 0 Å². The first kappa shape index (κ1) is 22.0. The summed E-state index contributed by atoms with van der Waals surface area (Å²) in [6.07, 6.45) is 0. The van der Waals surface area contributed by atoms with Crippen LogP contribution in [-0.2, 0) is 9.53 Å². The summed E-state index contributed by atoms with van der Waals surface area (Å²) in [7, 11) is 1.59. The molecule has 156 valence electrons. The molecule has 0 unspecified atom stereocenters. The molecule has 29 heavy (non-hydrogen) atoms. The van der Waals surface area contributed by atoms with Gasteiger partial charge in [-0.25, -0.2) is 9.97 Å². The Hall–Kier alpha value is -1.74.